The van der Waals surface area contributed by atoms with Crippen molar-refractivity contribution in [2.45, 2.75) is 32.2 Å². The third-order valence-electron chi connectivity index (χ3n) is 5.22. The van der Waals surface area contributed by atoms with E-state index in [9.17, 15) is 13.2 Å². The monoisotopic (exact) mass is 468 g/mol. The van der Waals surface area contributed by atoms with Crippen LogP contribution in [0.5, 0.6) is 11.5 Å². The number of hydrogen-bond acceptors (Lipinski definition) is 5. The number of methoxy groups -OCH3 is 1. The van der Waals surface area contributed by atoms with Crippen LogP contribution < -0.4 is 19.5 Å². The first-order valence-corrected chi connectivity index (χ1v) is 11.9. The van der Waals surface area contributed by atoms with Crippen molar-refractivity contribution in [2.75, 3.05) is 18.4 Å². The third kappa shape index (κ3) is 6.49. The molecule has 0 saturated heterocycles. The lowest BCUT2D eigenvalue weighted by atomic mass is 10.1. The van der Waals surface area contributed by atoms with E-state index in [1.807, 2.05) is 44.2 Å². The number of aryl methyl sites for hydroxylation is 3. The Kier molecular flexibility index (Phi) is 7.60. The van der Waals surface area contributed by atoms with Gasteiger partial charge in [-0.1, -0.05) is 18.2 Å². The Morgan fingerprint density at radius 1 is 0.879 bits per heavy atom. The van der Waals surface area contributed by atoms with Gasteiger partial charge in [-0.15, -0.1) is 0 Å². The summed E-state index contributed by atoms with van der Waals surface area (Å²) in [4.78, 5) is 12.3. The number of carbonyl (C=O) groups excluding carboxylic acids is 1. The van der Waals surface area contributed by atoms with Gasteiger partial charge in [-0.3, -0.25) is 9.52 Å². The fourth-order valence-corrected chi connectivity index (χ4v) is 4.24. The summed E-state index contributed by atoms with van der Waals surface area (Å²) in [6.07, 6.45) is 0. The van der Waals surface area contributed by atoms with Crippen molar-refractivity contribution in [2.24, 2.45) is 0 Å². The first-order valence-electron chi connectivity index (χ1n) is 10.4. The van der Waals surface area contributed by atoms with Crippen LogP contribution in [0.1, 0.15) is 22.3 Å². The second-order valence-electron chi connectivity index (χ2n) is 7.75. The summed E-state index contributed by atoms with van der Waals surface area (Å²) < 4.78 is 38.8. The molecule has 0 fully saturated rings. The van der Waals surface area contributed by atoms with E-state index in [1.54, 1.807) is 32.2 Å². The molecular weight excluding hydrogens is 440 g/mol. The molecule has 0 saturated carbocycles. The van der Waals surface area contributed by atoms with E-state index in [2.05, 4.69) is 10.0 Å². The van der Waals surface area contributed by atoms with E-state index in [-0.39, 0.29) is 17.4 Å². The van der Waals surface area contributed by atoms with Gasteiger partial charge in [0.25, 0.3) is 15.9 Å². The normalized spacial score (nSPS) is 11.0. The van der Waals surface area contributed by atoms with Gasteiger partial charge in [-0.25, -0.2) is 8.42 Å². The molecule has 0 spiro atoms. The molecule has 0 aliphatic rings. The Bertz CT molecular complexity index is 1240. The molecule has 0 aliphatic heterocycles. The van der Waals surface area contributed by atoms with Crippen molar-refractivity contribution >= 4 is 21.6 Å². The SMILES string of the molecule is COc1ccc(CNC(=O)COc2ccc(S(=O)(=O)Nc3ccc(C)c(C)c3)cc2C)cc1. The average Bonchev–Trinajstić information content (AvgIpc) is 2.79. The molecule has 0 atom stereocenters. The van der Waals surface area contributed by atoms with Crippen LogP contribution in [0.4, 0.5) is 5.69 Å². The highest BCUT2D eigenvalue weighted by Gasteiger charge is 2.16. The van der Waals surface area contributed by atoms with Gasteiger partial charge in [0.15, 0.2) is 6.61 Å². The minimum Gasteiger partial charge on any atom is -0.497 e. The maximum atomic E-state index is 12.8. The van der Waals surface area contributed by atoms with Crippen molar-refractivity contribution in [3.8, 4) is 11.5 Å². The Morgan fingerprint density at radius 3 is 2.24 bits per heavy atom. The summed E-state index contributed by atoms with van der Waals surface area (Å²) in [6.45, 7) is 5.82. The van der Waals surface area contributed by atoms with Crippen LogP contribution in [0.15, 0.2) is 65.6 Å². The van der Waals surface area contributed by atoms with Gasteiger partial charge in [0.1, 0.15) is 11.5 Å². The highest BCUT2D eigenvalue weighted by atomic mass is 32.2. The van der Waals surface area contributed by atoms with Crippen LogP contribution in [0.25, 0.3) is 0 Å². The topological polar surface area (TPSA) is 93.7 Å². The smallest absolute Gasteiger partial charge is 0.261 e. The summed E-state index contributed by atoms with van der Waals surface area (Å²) in [5.41, 5.74) is 4.14. The first kappa shape index (κ1) is 24.1. The molecule has 0 aliphatic carbocycles. The second kappa shape index (κ2) is 10.4. The number of sulfonamides is 1. The van der Waals surface area contributed by atoms with Crippen molar-refractivity contribution < 1.29 is 22.7 Å². The van der Waals surface area contributed by atoms with Crippen LogP contribution in [0, 0.1) is 20.8 Å². The largest absolute Gasteiger partial charge is 0.497 e. The van der Waals surface area contributed by atoms with Gasteiger partial charge >= 0.3 is 0 Å². The average molecular weight is 469 g/mol. The molecule has 7 nitrogen and oxygen atoms in total. The summed E-state index contributed by atoms with van der Waals surface area (Å²) >= 11 is 0. The zero-order chi connectivity index (χ0) is 24.0. The van der Waals surface area contributed by atoms with E-state index < -0.39 is 10.0 Å². The lowest BCUT2D eigenvalue weighted by Gasteiger charge is -2.13. The Balaban J connectivity index is 1.57. The highest BCUT2D eigenvalue weighted by Crippen LogP contribution is 2.24. The van der Waals surface area contributed by atoms with Crippen molar-refractivity contribution in [1.29, 1.82) is 0 Å². The molecule has 3 aromatic rings. The number of carbonyl (C=O) groups is 1. The summed E-state index contributed by atoms with van der Waals surface area (Å²) in [5.74, 6) is 0.913. The summed E-state index contributed by atoms with van der Waals surface area (Å²) in [7, 11) is -2.15. The quantitative estimate of drug-likeness (QED) is 0.493. The molecule has 3 rings (SSSR count). The fraction of sp³-hybridized carbons (Fsp3) is 0.240. The number of ether oxygens (including phenoxy) is 2. The Hall–Kier alpha value is -3.52. The maximum absolute atomic E-state index is 12.8. The van der Waals surface area contributed by atoms with Crippen LogP contribution in [0.3, 0.4) is 0 Å². The lowest BCUT2D eigenvalue weighted by Crippen LogP contribution is -2.28. The number of nitrogens with one attached hydrogen (secondary N) is 2. The molecule has 2 N–H and O–H groups in total. The van der Waals surface area contributed by atoms with E-state index in [0.29, 0.717) is 23.5 Å². The van der Waals surface area contributed by atoms with E-state index in [1.165, 1.54) is 12.1 Å². The van der Waals surface area contributed by atoms with Gasteiger partial charge in [-0.05, 0) is 85.5 Å². The first-order chi connectivity index (χ1) is 15.7. The molecule has 174 valence electrons. The molecule has 3 aromatic carbocycles. The molecule has 0 radical (unpaired) electrons. The van der Waals surface area contributed by atoms with E-state index >= 15 is 0 Å². The second-order valence-corrected chi connectivity index (χ2v) is 9.43. The zero-order valence-electron chi connectivity index (χ0n) is 19.1. The van der Waals surface area contributed by atoms with Crippen LogP contribution >= 0.6 is 0 Å². The minimum atomic E-state index is -3.75. The van der Waals surface area contributed by atoms with Crippen LogP contribution in [0.2, 0.25) is 0 Å². The number of benzene rings is 3. The molecule has 0 unspecified atom stereocenters. The fourth-order valence-electron chi connectivity index (χ4n) is 3.11. The number of amides is 1. The number of anilines is 1. The lowest BCUT2D eigenvalue weighted by molar-refractivity contribution is -0.123. The maximum Gasteiger partial charge on any atom is 0.261 e. The summed E-state index contributed by atoms with van der Waals surface area (Å²) in [5, 5.41) is 2.79. The van der Waals surface area contributed by atoms with Crippen LogP contribution in [-0.4, -0.2) is 28.0 Å². The van der Waals surface area contributed by atoms with E-state index in [4.69, 9.17) is 9.47 Å². The van der Waals surface area contributed by atoms with Crippen molar-refractivity contribution in [3.63, 3.8) is 0 Å². The molecule has 8 heteroatoms. The van der Waals surface area contributed by atoms with Crippen molar-refractivity contribution in [1.82, 2.24) is 5.32 Å². The third-order valence-corrected chi connectivity index (χ3v) is 6.60. The van der Waals surface area contributed by atoms with Gasteiger partial charge in [0, 0.05) is 12.2 Å². The zero-order valence-corrected chi connectivity index (χ0v) is 20.0. The molecule has 0 aromatic heterocycles. The standard InChI is InChI=1S/C25H28N2O5S/c1-17-5-8-21(13-18(17)2)27-33(29,30)23-11-12-24(19(3)14-23)32-16-25(28)26-15-20-6-9-22(31-4)10-7-20/h5-14,27H,15-16H2,1-4H3,(H,26,28). The Morgan fingerprint density at radius 2 is 1.61 bits per heavy atom. The molecular formula is C25H28N2O5S. The highest BCUT2D eigenvalue weighted by molar-refractivity contribution is 7.92. The molecule has 33 heavy (non-hydrogen) atoms. The minimum absolute atomic E-state index is 0.120. The van der Waals surface area contributed by atoms with Crippen molar-refractivity contribution in [3.05, 3.63) is 82.9 Å². The predicted molar refractivity (Wildman–Crippen MR) is 128 cm³/mol. The number of rotatable bonds is 9. The summed E-state index contributed by atoms with van der Waals surface area (Å²) in [6, 6.07) is 17.3. The Labute approximate surface area is 194 Å². The van der Waals surface area contributed by atoms with Gasteiger partial charge < -0.3 is 14.8 Å². The van der Waals surface area contributed by atoms with Gasteiger partial charge in [0.05, 0.1) is 12.0 Å². The van der Waals surface area contributed by atoms with Gasteiger partial charge in [0.2, 0.25) is 0 Å². The number of hydrogen-bond donors (Lipinski definition) is 2. The molecule has 0 bridgehead atoms. The molecule has 0 heterocycles. The van der Waals surface area contributed by atoms with E-state index in [0.717, 1.165) is 22.4 Å². The van der Waals surface area contributed by atoms with Gasteiger partial charge in [-0.2, -0.15) is 0 Å². The van der Waals surface area contributed by atoms with Crippen LogP contribution in [-0.2, 0) is 21.4 Å². The predicted octanol–water partition coefficient (Wildman–Crippen LogP) is 4.12. The molecule has 1 amide bonds.